The van der Waals surface area contributed by atoms with Gasteiger partial charge < -0.3 is 20.4 Å². The number of piperidine rings is 1. The molecule has 0 radical (unpaired) electrons. The molecule has 1 aromatic carbocycles. The molecule has 3 unspecified atom stereocenters. The number of rotatable bonds is 6. The number of alkyl carbamates (subject to hydrolysis) is 1. The smallest absolute Gasteiger partial charge is 0.408 e. The summed E-state index contributed by atoms with van der Waals surface area (Å²) in [5.74, 6) is 1.30. The Bertz CT molecular complexity index is 1070. The zero-order chi connectivity index (χ0) is 25.4. The first-order chi connectivity index (χ1) is 17.2. The zero-order valence-electron chi connectivity index (χ0n) is 21.9. The number of ether oxygens (including phenoxy) is 1. The molecular formula is C28H40FN5O2. The largest absolute Gasteiger partial charge is 0.444 e. The van der Waals surface area contributed by atoms with Gasteiger partial charge in [-0.3, -0.25) is 4.90 Å². The number of amides is 1. The molecule has 1 amide bonds. The summed E-state index contributed by atoms with van der Waals surface area (Å²) in [5.41, 5.74) is 2.72. The number of carbonyl (C=O) groups excluding carboxylic acids is 1. The molecule has 4 heterocycles. The highest BCUT2D eigenvalue weighted by molar-refractivity contribution is 5.68. The number of imidazole rings is 1. The molecule has 7 nitrogen and oxygen atoms in total. The van der Waals surface area contributed by atoms with Gasteiger partial charge in [-0.1, -0.05) is 12.1 Å². The fourth-order valence-corrected chi connectivity index (χ4v) is 6.57. The minimum atomic E-state index is -0.586. The first kappa shape index (κ1) is 25.2. The van der Waals surface area contributed by atoms with E-state index >= 15 is 0 Å². The fourth-order valence-electron chi connectivity index (χ4n) is 6.57. The van der Waals surface area contributed by atoms with Gasteiger partial charge in [-0.25, -0.2) is 14.2 Å². The van der Waals surface area contributed by atoms with Crippen molar-refractivity contribution in [3.8, 4) is 0 Å². The monoisotopic (exact) mass is 497 g/mol. The van der Waals surface area contributed by atoms with Crippen LogP contribution in [0, 0.1) is 18.7 Å². The number of hydrogen-bond acceptors (Lipinski definition) is 5. The van der Waals surface area contributed by atoms with E-state index in [0.717, 1.165) is 43.7 Å². The van der Waals surface area contributed by atoms with Gasteiger partial charge in [0.05, 0.1) is 17.8 Å². The van der Waals surface area contributed by atoms with Gasteiger partial charge in [-0.05, 0) is 83.4 Å². The van der Waals surface area contributed by atoms with E-state index in [-0.39, 0.29) is 11.9 Å². The minimum absolute atomic E-state index is 0.294. The van der Waals surface area contributed by atoms with Gasteiger partial charge in [0.25, 0.3) is 0 Å². The van der Waals surface area contributed by atoms with E-state index < -0.39 is 11.7 Å². The third-order valence-electron chi connectivity index (χ3n) is 7.97. The Balaban J connectivity index is 1.25. The summed E-state index contributed by atoms with van der Waals surface area (Å²) in [6.07, 6.45) is 6.00. The number of halogens is 1. The van der Waals surface area contributed by atoms with Crippen molar-refractivity contribution in [2.75, 3.05) is 13.1 Å². The lowest BCUT2D eigenvalue weighted by atomic mass is 9.81. The highest BCUT2D eigenvalue weighted by Crippen LogP contribution is 2.44. The van der Waals surface area contributed by atoms with Gasteiger partial charge in [0.15, 0.2) is 0 Å². The first-order valence-corrected chi connectivity index (χ1v) is 13.5. The standard InChI is InChI=1S/C28H40FN5O2/c1-17-31-24-10-12-30-25(26(24)32-17)19-15-21-8-9-22(16-19)34(21)13-11-23(18-6-5-7-20(29)14-18)33-27(35)36-28(2,3)4/h5-7,14,19,21-23,25,30H,8-13,15-16H2,1-4H3,(H,31,32)(H,33,35)/t19?,21?,22?,23-,25?/m0/s1. The lowest BCUT2D eigenvalue weighted by Gasteiger charge is -2.43. The van der Waals surface area contributed by atoms with Crippen molar-refractivity contribution in [1.82, 2.24) is 25.5 Å². The van der Waals surface area contributed by atoms with Gasteiger partial charge in [0.2, 0.25) is 0 Å². The quantitative estimate of drug-likeness (QED) is 0.527. The van der Waals surface area contributed by atoms with Crippen LogP contribution in [0.5, 0.6) is 0 Å². The SMILES string of the molecule is Cc1nc2c([nH]1)CCNC2C1CC2CCC(C1)N2CC[C@H](NC(=O)OC(C)(C)C)c1cccc(F)c1. The van der Waals surface area contributed by atoms with E-state index in [2.05, 4.69) is 20.5 Å². The summed E-state index contributed by atoms with van der Waals surface area (Å²) in [6.45, 7) is 9.45. The van der Waals surface area contributed by atoms with E-state index in [0.29, 0.717) is 30.5 Å². The molecule has 3 aliphatic heterocycles. The average molecular weight is 498 g/mol. The predicted octanol–water partition coefficient (Wildman–Crippen LogP) is 4.94. The molecule has 1 aromatic heterocycles. The predicted molar refractivity (Wildman–Crippen MR) is 137 cm³/mol. The van der Waals surface area contributed by atoms with Crippen molar-refractivity contribution in [2.24, 2.45) is 5.92 Å². The van der Waals surface area contributed by atoms with Gasteiger partial charge in [0.1, 0.15) is 17.2 Å². The summed E-state index contributed by atoms with van der Waals surface area (Å²) in [7, 11) is 0. The van der Waals surface area contributed by atoms with Gasteiger partial charge >= 0.3 is 6.09 Å². The Morgan fingerprint density at radius 1 is 1.28 bits per heavy atom. The maximum atomic E-state index is 14.0. The van der Waals surface area contributed by atoms with Crippen LogP contribution in [0.2, 0.25) is 0 Å². The van der Waals surface area contributed by atoms with Crippen LogP contribution in [-0.4, -0.2) is 51.7 Å². The number of carbonyl (C=O) groups is 1. The molecule has 3 aliphatic rings. The summed E-state index contributed by atoms with van der Waals surface area (Å²) in [4.78, 5) is 23.5. The van der Waals surface area contributed by atoms with Crippen molar-refractivity contribution in [3.63, 3.8) is 0 Å². The molecule has 0 saturated carbocycles. The molecule has 2 bridgehead atoms. The van der Waals surface area contributed by atoms with E-state index in [1.165, 1.54) is 36.4 Å². The summed E-state index contributed by atoms with van der Waals surface area (Å²) in [6, 6.07) is 7.63. The second kappa shape index (κ2) is 10.1. The number of aromatic nitrogens is 2. The van der Waals surface area contributed by atoms with Crippen LogP contribution in [0.15, 0.2) is 24.3 Å². The molecule has 3 N–H and O–H groups in total. The molecule has 2 aromatic rings. The third kappa shape index (κ3) is 5.59. The van der Waals surface area contributed by atoms with Crippen LogP contribution < -0.4 is 10.6 Å². The maximum absolute atomic E-state index is 14.0. The van der Waals surface area contributed by atoms with Gasteiger partial charge in [-0.2, -0.15) is 0 Å². The summed E-state index contributed by atoms with van der Waals surface area (Å²) < 4.78 is 19.5. The lowest BCUT2D eigenvalue weighted by Crippen LogP contribution is -2.48. The fraction of sp³-hybridized carbons (Fsp3) is 0.643. The van der Waals surface area contributed by atoms with E-state index in [4.69, 9.17) is 9.72 Å². The normalized spacial score (nSPS) is 26.9. The minimum Gasteiger partial charge on any atom is -0.444 e. The second-order valence-corrected chi connectivity index (χ2v) is 11.8. The van der Waals surface area contributed by atoms with Crippen LogP contribution >= 0.6 is 0 Å². The lowest BCUT2D eigenvalue weighted by molar-refractivity contribution is 0.0483. The molecule has 2 fully saturated rings. The molecule has 0 spiro atoms. The molecular weight excluding hydrogens is 457 g/mol. The molecule has 196 valence electrons. The molecule has 4 atom stereocenters. The van der Waals surface area contributed by atoms with Crippen LogP contribution in [-0.2, 0) is 11.2 Å². The van der Waals surface area contributed by atoms with Gasteiger partial charge in [-0.15, -0.1) is 0 Å². The number of nitrogens with one attached hydrogen (secondary N) is 3. The highest BCUT2D eigenvalue weighted by atomic mass is 19.1. The van der Waals surface area contributed by atoms with Crippen LogP contribution in [0.25, 0.3) is 0 Å². The Morgan fingerprint density at radius 3 is 2.72 bits per heavy atom. The maximum Gasteiger partial charge on any atom is 0.408 e. The van der Waals surface area contributed by atoms with Crippen molar-refractivity contribution in [2.45, 2.75) is 96.0 Å². The number of fused-ring (bicyclic) bond motifs is 3. The van der Waals surface area contributed by atoms with Crippen LogP contribution in [0.1, 0.15) is 87.7 Å². The first-order valence-electron chi connectivity index (χ1n) is 13.5. The molecule has 2 saturated heterocycles. The number of aromatic amines is 1. The zero-order valence-corrected chi connectivity index (χ0v) is 21.9. The second-order valence-electron chi connectivity index (χ2n) is 11.8. The van der Waals surface area contributed by atoms with Crippen molar-refractivity contribution in [1.29, 1.82) is 0 Å². The van der Waals surface area contributed by atoms with Crippen molar-refractivity contribution >= 4 is 6.09 Å². The number of hydrogen-bond donors (Lipinski definition) is 3. The number of aryl methyl sites for hydroxylation is 1. The highest BCUT2D eigenvalue weighted by Gasteiger charge is 2.44. The molecule has 5 rings (SSSR count). The van der Waals surface area contributed by atoms with E-state index in [1.54, 1.807) is 6.07 Å². The van der Waals surface area contributed by atoms with E-state index in [1.807, 2.05) is 33.8 Å². The summed E-state index contributed by atoms with van der Waals surface area (Å²) >= 11 is 0. The van der Waals surface area contributed by atoms with Crippen molar-refractivity contribution in [3.05, 3.63) is 52.9 Å². The Morgan fingerprint density at radius 2 is 2.03 bits per heavy atom. The summed E-state index contributed by atoms with van der Waals surface area (Å²) in [5, 5.41) is 6.77. The van der Waals surface area contributed by atoms with Crippen LogP contribution in [0.3, 0.4) is 0 Å². The number of nitrogens with zero attached hydrogens (tertiary/aromatic N) is 2. The van der Waals surface area contributed by atoms with Gasteiger partial charge in [0, 0.05) is 37.3 Å². The Kier molecular flexibility index (Phi) is 7.10. The molecule has 36 heavy (non-hydrogen) atoms. The topological polar surface area (TPSA) is 82.3 Å². The number of benzene rings is 1. The average Bonchev–Trinajstić information content (AvgIpc) is 3.29. The molecule has 8 heteroatoms. The van der Waals surface area contributed by atoms with Crippen LogP contribution in [0.4, 0.5) is 9.18 Å². The Hall–Kier alpha value is -2.45. The number of H-pyrrole nitrogens is 1. The Labute approximate surface area is 213 Å². The van der Waals surface area contributed by atoms with Crippen molar-refractivity contribution < 1.29 is 13.9 Å². The molecule has 0 aliphatic carbocycles. The van der Waals surface area contributed by atoms with E-state index in [9.17, 15) is 9.18 Å². The third-order valence-corrected chi connectivity index (χ3v) is 7.97.